The first-order valence-corrected chi connectivity index (χ1v) is 32.2. The monoisotopic (exact) mass is 1040 g/mol. The van der Waals surface area contributed by atoms with Crippen molar-refractivity contribution in [1.82, 2.24) is 0 Å². The van der Waals surface area contributed by atoms with Crippen LogP contribution in [0.15, 0.2) is 36.5 Å². The molecule has 0 saturated heterocycles. The Balaban J connectivity index is 3.93. The maximum Gasteiger partial charge on any atom is 0.472 e. The first-order valence-electron chi connectivity index (χ1n) is 30.7. The molecule has 2 atom stereocenters. The highest BCUT2D eigenvalue weighted by molar-refractivity contribution is 7.47. The highest BCUT2D eigenvalue weighted by Crippen LogP contribution is 2.43. The lowest BCUT2D eigenvalue weighted by Gasteiger charge is -2.24. The van der Waals surface area contributed by atoms with Crippen LogP contribution >= 0.6 is 7.82 Å². The van der Waals surface area contributed by atoms with E-state index in [4.69, 9.17) is 18.5 Å². The minimum Gasteiger partial charge on any atom is -0.462 e. The van der Waals surface area contributed by atoms with Gasteiger partial charge in [-0.3, -0.25) is 18.6 Å². The lowest BCUT2D eigenvalue weighted by Crippen LogP contribution is -2.37. The van der Waals surface area contributed by atoms with Gasteiger partial charge in [0, 0.05) is 12.8 Å². The Kier molecular flexibility index (Phi) is 52.7. The number of quaternary nitrogens is 1. The molecule has 424 valence electrons. The number of likely N-dealkylation sites (N-methyl/N-ethyl adjacent to an activating group) is 1. The number of phosphoric acid groups is 1. The van der Waals surface area contributed by atoms with Crippen molar-refractivity contribution in [3.05, 3.63) is 36.5 Å². The van der Waals surface area contributed by atoms with E-state index >= 15 is 0 Å². The second-order valence-corrected chi connectivity index (χ2v) is 23.5. The fraction of sp³-hybridized carbons (Fsp3) is 0.871. The summed E-state index contributed by atoms with van der Waals surface area (Å²) in [6.07, 6.45) is 66.7. The Hall–Kier alpha value is -1.77. The molecule has 0 amide bonds. The number of hydrogen-bond acceptors (Lipinski definition) is 7. The van der Waals surface area contributed by atoms with Gasteiger partial charge < -0.3 is 18.9 Å². The van der Waals surface area contributed by atoms with E-state index in [9.17, 15) is 19.0 Å². The molecule has 9 nitrogen and oxygen atoms in total. The third kappa shape index (κ3) is 57.5. The third-order valence-corrected chi connectivity index (χ3v) is 14.6. The van der Waals surface area contributed by atoms with Crippen LogP contribution in [-0.4, -0.2) is 74.9 Å². The predicted octanol–water partition coefficient (Wildman–Crippen LogP) is 19.2. The van der Waals surface area contributed by atoms with E-state index in [1.165, 1.54) is 205 Å². The highest BCUT2D eigenvalue weighted by Gasteiger charge is 2.27. The molecule has 0 rings (SSSR count). The van der Waals surface area contributed by atoms with Crippen LogP contribution < -0.4 is 0 Å². The number of phosphoric ester groups is 1. The topological polar surface area (TPSA) is 108 Å². The molecular formula is C62H119NO8P+. The number of rotatable bonds is 57. The summed E-state index contributed by atoms with van der Waals surface area (Å²) < 4.78 is 34.5. The fourth-order valence-electron chi connectivity index (χ4n) is 8.87. The zero-order chi connectivity index (χ0) is 52.7. The van der Waals surface area contributed by atoms with Crippen LogP contribution in [-0.2, 0) is 32.7 Å². The summed E-state index contributed by atoms with van der Waals surface area (Å²) in [4.78, 5) is 35.6. The molecule has 0 aromatic rings. The zero-order valence-electron chi connectivity index (χ0n) is 48.2. The molecule has 0 aromatic heterocycles. The average molecular weight is 1040 g/mol. The fourth-order valence-corrected chi connectivity index (χ4v) is 9.61. The Morgan fingerprint density at radius 1 is 0.431 bits per heavy atom. The average Bonchev–Trinajstić information content (AvgIpc) is 3.34. The second-order valence-electron chi connectivity index (χ2n) is 22.1. The molecule has 10 heteroatoms. The Labute approximate surface area is 446 Å². The van der Waals surface area contributed by atoms with Gasteiger partial charge in [0.2, 0.25) is 0 Å². The molecule has 0 bridgehead atoms. The largest absolute Gasteiger partial charge is 0.472 e. The number of carbonyl (C=O) groups excluding carboxylic acids is 2. The van der Waals surface area contributed by atoms with Crippen molar-refractivity contribution in [3.63, 3.8) is 0 Å². The van der Waals surface area contributed by atoms with Crippen LogP contribution in [0.5, 0.6) is 0 Å². The molecule has 0 saturated carbocycles. The van der Waals surface area contributed by atoms with E-state index in [0.717, 1.165) is 57.8 Å². The SMILES string of the molecule is CCCCCC/C=C\CCCCCCCC(=O)OCC(COP(=O)(O)OCC[N+](C)(C)C)OC(=O)CCCCCCCCCCCCCCCCCCCCCCCCC/C=C\C/C=C\CCCCCCC. The summed E-state index contributed by atoms with van der Waals surface area (Å²) in [7, 11) is 1.48. The van der Waals surface area contributed by atoms with Crippen LogP contribution in [0.3, 0.4) is 0 Å². The number of ether oxygens (including phenoxy) is 2. The maximum atomic E-state index is 12.8. The Bertz CT molecular complexity index is 1310. The van der Waals surface area contributed by atoms with Gasteiger partial charge in [0.25, 0.3) is 0 Å². The van der Waals surface area contributed by atoms with E-state index in [1.807, 2.05) is 21.1 Å². The van der Waals surface area contributed by atoms with E-state index in [1.54, 1.807) is 0 Å². The molecule has 0 radical (unpaired) electrons. The lowest BCUT2D eigenvalue weighted by molar-refractivity contribution is -0.870. The summed E-state index contributed by atoms with van der Waals surface area (Å²) in [6.45, 7) is 4.43. The minimum absolute atomic E-state index is 0.0325. The van der Waals surface area contributed by atoms with Crippen LogP contribution in [0.25, 0.3) is 0 Å². The van der Waals surface area contributed by atoms with Crippen molar-refractivity contribution in [2.75, 3.05) is 47.5 Å². The zero-order valence-corrected chi connectivity index (χ0v) is 49.1. The molecule has 0 aromatic carbocycles. The number of nitrogens with zero attached hydrogens (tertiary/aromatic N) is 1. The summed E-state index contributed by atoms with van der Waals surface area (Å²) in [5.74, 6) is -0.795. The van der Waals surface area contributed by atoms with Crippen LogP contribution in [0.1, 0.15) is 296 Å². The Morgan fingerprint density at radius 2 is 0.750 bits per heavy atom. The molecule has 0 aliphatic carbocycles. The molecular weight excluding hydrogens is 918 g/mol. The smallest absolute Gasteiger partial charge is 0.462 e. The first-order chi connectivity index (χ1) is 35.0. The van der Waals surface area contributed by atoms with Gasteiger partial charge in [-0.1, -0.05) is 249 Å². The van der Waals surface area contributed by atoms with Gasteiger partial charge >= 0.3 is 19.8 Å². The van der Waals surface area contributed by atoms with Gasteiger partial charge in [-0.15, -0.1) is 0 Å². The van der Waals surface area contributed by atoms with Crippen molar-refractivity contribution in [1.29, 1.82) is 0 Å². The first kappa shape index (κ1) is 70.2. The maximum absolute atomic E-state index is 12.8. The minimum atomic E-state index is -4.38. The second kappa shape index (κ2) is 54.0. The van der Waals surface area contributed by atoms with E-state index in [2.05, 4.69) is 50.3 Å². The van der Waals surface area contributed by atoms with Gasteiger partial charge in [0.1, 0.15) is 19.8 Å². The number of allylic oxidation sites excluding steroid dienone is 6. The molecule has 72 heavy (non-hydrogen) atoms. The van der Waals surface area contributed by atoms with Gasteiger partial charge in [0.05, 0.1) is 27.7 Å². The number of esters is 2. The van der Waals surface area contributed by atoms with Crippen LogP contribution in [0.4, 0.5) is 0 Å². The number of unbranched alkanes of at least 4 members (excludes halogenated alkanes) is 37. The number of hydrogen-bond donors (Lipinski definition) is 1. The molecule has 0 fully saturated rings. The van der Waals surface area contributed by atoms with Crippen LogP contribution in [0, 0.1) is 0 Å². The third-order valence-electron chi connectivity index (χ3n) is 13.6. The van der Waals surface area contributed by atoms with Gasteiger partial charge in [-0.25, -0.2) is 4.57 Å². The van der Waals surface area contributed by atoms with Gasteiger partial charge in [-0.2, -0.15) is 0 Å². The van der Waals surface area contributed by atoms with Crippen molar-refractivity contribution in [2.45, 2.75) is 302 Å². The highest BCUT2D eigenvalue weighted by atomic mass is 31.2. The quantitative estimate of drug-likeness (QED) is 0.0211. The van der Waals surface area contributed by atoms with Crippen molar-refractivity contribution >= 4 is 19.8 Å². The standard InChI is InChI=1S/C62H118NO8P/c1-6-8-10-12-14-16-18-20-21-22-23-24-25-26-27-28-29-30-31-32-33-34-35-36-37-38-39-40-41-43-45-47-49-51-53-55-62(65)71-60(59-70-72(66,67)69-57-56-63(3,4)5)58-68-61(64)54-52-50-48-46-44-42-19-17-15-13-11-9-7-2/h17-20,22-23,60H,6-16,21,24-59H2,1-5H3/p+1/b19-17-,20-18-,23-22-. The molecule has 0 spiro atoms. The molecule has 0 aliphatic heterocycles. The van der Waals surface area contributed by atoms with Crippen molar-refractivity contribution in [2.24, 2.45) is 0 Å². The summed E-state index contributed by atoms with van der Waals surface area (Å²) in [5, 5.41) is 0. The summed E-state index contributed by atoms with van der Waals surface area (Å²) in [6, 6.07) is 0. The summed E-state index contributed by atoms with van der Waals surface area (Å²) in [5.41, 5.74) is 0. The van der Waals surface area contributed by atoms with Crippen molar-refractivity contribution < 1.29 is 42.1 Å². The van der Waals surface area contributed by atoms with Gasteiger partial charge in [-0.05, 0) is 70.6 Å². The van der Waals surface area contributed by atoms with Crippen LogP contribution in [0.2, 0.25) is 0 Å². The van der Waals surface area contributed by atoms with E-state index in [0.29, 0.717) is 17.4 Å². The molecule has 0 heterocycles. The Morgan fingerprint density at radius 3 is 1.12 bits per heavy atom. The molecule has 0 aliphatic rings. The normalized spacial score (nSPS) is 13.5. The summed E-state index contributed by atoms with van der Waals surface area (Å²) >= 11 is 0. The molecule has 2 unspecified atom stereocenters. The predicted molar refractivity (Wildman–Crippen MR) is 307 cm³/mol. The van der Waals surface area contributed by atoms with Gasteiger partial charge in [0.15, 0.2) is 6.10 Å². The lowest BCUT2D eigenvalue weighted by atomic mass is 10.0. The van der Waals surface area contributed by atoms with E-state index in [-0.39, 0.29) is 32.0 Å². The molecule has 1 N–H and O–H groups in total. The van der Waals surface area contributed by atoms with Crippen molar-refractivity contribution in [3.8, 4) is 0 Å². The number of carbonyl (C=O) groups is 2. The van der Waals surface area contributed by atoms with E-state index < -0.39 is 26.5 Å².